The van der Waals surface area contributed by atoms with Gasteiger partial charge in [0.1, 0.15) is 6.04 Å². The summed E-state index contributed by atoms with van der Waals surface area (Å²) >= 11 is 0. The molecule has 4 amide bonds. The Morgan fingerprint density at radius 3 is 1.98 bits per heavy atom. The molecule has 1 saturated heterocycles. The smallest absolute Gasteiger partial charge is 0.404 e. The van der Waals surface area contributed by atoms with E-state index in [4.69, 9.17) is 0 Å². The van der Waals surface area contributed by atoms with Crippen LogP contribution in [0.5, 0.6) is 0 Å². The summed E-state index contributed by atoms with van der Waals surface area (Å²) in [5.74, 6) is -0.654. The largest absolute Gasteiger partial charge is 0.465 e. The minimum Gasteiger partial charge on any atom is -0.465 e. The van der Waals surface area contributed by atoms with Crippen LogP contribution in [0.1, 0.15) is 66.9 Å². The number of urea groups is 1. The zero-order valence-corrected chi connectivity index (χ0v) is 34.6. The Morgan fingerprint density at radius 2 is 1.36 bits per heavy atom. The van der Waals surface area contributed by atoms with E-state index in [-0.39, 0.29) is 30.7 Å². The van der Waals surface area contributed by atoms with Gasteiger partial charge in [-0.25, -0.2) is 9.59 Å². The van der Waals surface area contributed by atoms with Gasteiger partial charge < -0.3 is 30.6 Å². The molecule has 11 heteroatoms. The lowest BCUT2D eigenvalue weighted by molar-refractivity contribution is -0.129. The molecule has 59 heavy (non-hydrogen) atoms. The fourth-order valence-corrected chi connectivity index (χ4v) is 8.15. The van der Waals surface area contributed by atoms with Crippen molar-refractivity contribution in [2.45, 2.75) is 90.6 Å². The summed E-state index contributed by atoms with van der Waals surface area (Å²) in [6.07, 6.45) is -1.68. The summed E-state index contributed by atoms with van der Waals surface area (Å²) in [6, 6.07) is 36.5. The predicted octanol–water partition coefficient (Wildman–Crippen LogP) is 7.55. The average Bonchev–Trinajstić information content (AvgIpc) is 3.54. The summed E-state index contributed by atoms with van der Waals surface area (Å²) in [5.41, 5.74) is 6.48. The molecule has 308 valence electrons. The molecule has 4 N–H and O–H groups in total. The number of aliphatic hydroxyl groups excluding tert-OH is 1. The number of nitrogens with zero attached hydrogens (tertiary/aromatic N) is 4. The molecule has 1 aliphatic rings. The highest BCUT2D eigenvalue weighted by atomic mass is 16.4. The number of rotatable bonds is 16. The first-order valence-corrected chi connectivity index (χ1v) is 20.3. The first-order chi connectivity index (χ1) is 28.2. The van der Waals surface area contributed by atoms with Gasteiger partial charge in [-0.1, -0.05) is 118 Å². The first kappa shape index (κ1) is 42.5. The molecule has 0 spiro atoms. The highest BCUT2D eigenvalue weighted by Crippen LogP contribution is 2.32. The van der Waals surface area contributed by atoms with Gasteiger partial charge >= 0.3 is 12.1 Å². The number of amides is 4. The summed E-state index contributed by atoms with van der Waals surface area (Å²) < 4.78 is 0. The summed E-state index contributed by atoms with van der Waals surface area (Å²) in [4.78, 5) is 53.8. The van der Waals surface area contributed by atoms with Gasteiger partial charge in [0, 0.05) is 42.0 Å². The minimum atomic E-state index is -1.26. The summed E-state index contributed by atoms with van der Waals surface area (Å²) in [7, 11) is 0. The Bertz CT molecular complexity index is 2180. The van der Waals surface area contributed by atoms with E-state index in [0.717, 1.165) is 45.0 Å². The molecule has 1 aliphatic heterocycles. The van der Waals surface area contributed by atoms with E-state index >= 15 is 0 Å². The Labute approximate surface area is 347 Å². The first-order valence-electron chi connectivity index (χ1n) is 20.3. The molecular weight excluding hydrogens is 741 g/mol. The topological polar surface area (TPSA) is 148 Å². The lowest BCUT2D eigenvalue weighted by Crippen LogP contribution is -2.58. The molecule has 0 radical (unpaired) electrons. The number of carbonyl (C=O) groups is 3. The molecule has 1 fully saturated rings. The lowest BCUT2D eigenvalue weighted by atomic mass is 9.80. The van der Waals surface area contributed by atoms with Crippen LogP contribution in [-0.2, 0) is 24.2 Å². The average molecular weight is 797 g/mol. The van der Waals surface area contributed by atoms with Gasteiger partial charge in [0.15, 0.2) is 0 Å². The number of carboxylic acid groups (broad SMARTS) is 1. The van der Waals surface area contributed by atoms with Crippen molar-refractivity contribution in [3.63, 3.8) is 0 Å². The van der Waals surface area contributed by atoms with Crippen molar-refractivity contribution in [1.29, 1.82) is 0 Å². The van der Waals surface area contributed by atoms with Crippen molar-refractivity contribution in [2.75, 3.05) is 13.1 Å². The Hall–Kier alpha value is -6.07. The monoisotopic (exact) mass is 796 g/mol. The van der Waals surface area contributed by atoms with Gasteiger partial charge in [-0.3, -0.25) is 14.8 Å². The van der Waals surface area contributed by atoms with Gasteiger partial charge in [-0.2, -0.15) is 0 Å². The molecule has 1 unspecified atom stereocenters. The van der Waals surface area contributed by atoms with Gasteiger partial charge in [-0.05, 0) is 79.5 Å². The lowest BCUT2D eigenvalue weighted by Gasteiger charge is -2.39. The molecule has 3 aromatic carbocycles. The number of aryl methyl sites for hydroxylation is 2. The van der Waals surface area contributed by atoms with Crippen LogP contribution in [0.25, 0.3) is 11.3 Å². The number of aliphatic hydroxyl groups is 1. The molecule has 0 saturated carbocycles. The number of nitrogens with one attached hydrogen (secondary N) is 2. The third-order valence-electron chi connectivity index (χ3n) is 11.0. The molecule has 3 heterocycles. The van der Waals surface area contributed by atoms with Crippen molar-refractivity contribution in [3.05, 3.63) is 155 Å². The standard InChI is InChI=1S/C48H56N6O5/c1-32-14-12-20-38(49-32)31-53-26-27-54(47(53)59)44(48(3,4)5)45(56)51-41(39(36-18-10-7-11-19-36)28-34-16-8-6-9-17-34)30-43(55)42(52-46(57)58)29-35-22-24-37(25-23-35)40-21-13-15-33(2)50-40/h6-25,39,41-44,52,55H,26-31H2,1-5H3,(H,51,56)(H,57,58)/t39?,41-,42-,43+,44+/m0/s1. The number of hydrogen-bond acceptors (Lipinski definition) is 6. The highest BCUT2D eigenvalue weighted by molar-refractivity contribution is 5.89. The second kappa shape index (κ2) is 19.1. The number of carbonyl (C=O) groups excluding carboxylic acids is 2. The third-order valence-corrected chi connectivity index (χ3v) is 11.0. The maximum atomic E-state index is 14.9. The Morgan fingerprint density at radius 1 is 0.729 bits per heavy atom. The molecule has 2 aromatic heterocycles. The third kappa shape index (κ3) is 11.3. The van der Waals surface area contributed by atoms with Crippen molar-refractivity contribution in [1.82, 2.24) is 30.4 Å². The van der Waals surface area contributed by atoms with E-state index in [0.29, 0.717) is 26.1 Å². The molecule has 5 atom stereocenters. The normalized spacial score (nSPS) is 15.6. The zero-order valence-electron chi connectivity index (χ0n) is 34.6. The van der Waals surface area contributed by atoms with E-state index < -0.39 is 35.7 Å². The van der Waals surface area contributed by atoms with Crippen LogP contribution in [-0.4, -0.2) is 85.3 Å². The van der Waals surface area contributed by atoms with Gasteiger partial charge in [0.25, 0.3) is 0 Å². The van der Waals surface area contributed by atoms with E-state index in [9.17, 15) is 24.6 Å². The summed E-state index contributed by atoms with van der Waals surface area (Å²) in [5, 5.41) is 28.0. The van der Waals surface area contributed by atoms with Crippen molar-refractivity contribution in [2.24, 2.45) is 5.41 Å². The maximum absolute atomic E-state index is 14.9. The van der Waals surface area contributed by atoms with Crippen LogP contribution in [0, 0.1) is 19.3 Å². The van der Waals surface area contributed by atoms with Gasteiger partial charge in [0.2, 0.25) is 5.91 Å². The summed E-state index contributed by atoms with van der Waals surface area (Å²) in [6.45, 7) is 10.8. The number of aromatic nitrogens is 2. The molecule has 0 aliphatic carbocycles. The molecule has 6 rings (SSSR count). The predicted molar refractivity (Wildman–Crippen MR) is 230 cm³/mol. The van der Waals surface area contributed by atoms with E-state index in [1.807, 2.05) is 156 Å². The van der Waals surface area contributed by atoms with Crippen LogP contribution in [0.3, 0.4) is 0 Å². The number of hydrogen-bond donors (Lipinski definition) is 4. The van der Waals surface area contributed by atoms with Crippen molar-refractivity contribution < 1.29 is 24.6 Å². The SMILES string of the molecule is Cc1cccc(CN2CCN([C@H](C(=O)N[C@@H](C[C@@H](O)[C@H](Cc3ccc(-c4cccc(C)n4)cc3)NC(=O)O)C(Cc3ccccc3)c3ccccc3)C(C)(C)C)C2=O)n1. The van der Waals surface area contributed by atoms with Crippen molar-refractivity contribution in [3.8, 4) is 11.3 Å². The highest BCUT2D eigenvalue weighted by Gasteiger charge is 2.45. The van der Waals surface area contributed by atoms with E-state index in [2.05, 4.69) is 20.6 Å². The quantitative estimate of drug-likeness (QED) is 0.0806. The van der Waals surface area contributed by atoms with Crippen LogP contribution < -0.4 is 10.6 Å². The minimum absolute atomic E-state index is 0.0321. The second-order valence-electron chi connectivity index (χ2n) is 16.7. The molecule has 5 aromatic rings. The van der Waals surface area contributed by atoms with Crippen LogP contribution in [0.4, 0.5) is 9.59 Å². The van der Waals surface area contributed by atoms with Crippen LogP contribution >= 0.6 is 0 Å². The van der Waals surface area contributed by atoms with Crippen molar-refractivity contribution >= 4 is 18.0 Å². The molecule has 11 nitrogen and oxygen atoms in total. The second-order valence-corrected chi connectivity index (χ2v) is 16.7. The Balaban J connectivity index is 1.30. The molecule has 0 bridgehead atoms. The van der Waals surface area contributed by atoms with Crippen LogP contribution in [0.2, 0.25) is 0 Å². The fraction of sp³-hybridized carbons (Fsp3) is 0.354. The van der Waals surface area contributed by atoms with Gasteiger partial charge in [-0.15, -0.1) is 0 Å². The number of pyridine rings is 2. The van der Waals surface area contributed by atoms with E-state index in [1.165, 1.54) is 0 Å². The Kier molecular flexibility index (Phi) is 13.8. The number of benzene rings is 3. The fourth-order valence-electron chi connectivity index (χ4n) is 8.15. The van der Waals surface area contributed by atoms with Gasteiger partial charge in [0.05, 0.1) is 30.1 Å². The van der Waals surface area contributed by atoms with Crippen LogP contribution in [0.15, 0.2) is 121 Å². The van der Waals surface area contributed by atoms with E-state index in [1.54, 1.807) is 9.80 Å². The maximum Gasteiger partial charge on any atom is 0.404 e. The molecular formula is C48H56N6O5. The zero-order chi connectivity index (χ0) is 42.1.